The van der Waals surface area contributed by atoms with Gasteiger partial charge >= 0.3 is 0 Å². The van der Waals surface area contributed by atoms with Gasteiger partial charge in [-0.2, -0.15) is 0 Å². The molecule has 3 aromatic rings. The maximum absolute atomic E-state index is 12.5. The van der Waals surface area contributed by atoms with E-state index in [2.05, 4.69) is 0 Å². The van der Waals surface area contributed by atoms with Gasteiger partial charge in [0.1, 0.15) is 5.75 Å². The molecule has 2 aromatic carbocycles. The molecule has 0 fully saturated rings. The minimum Gasteiger partial charge on any atom is -0.507 e. The number of pyridine rings is 1. The van der Waals surface area contributed by atoms with Gasteiger partial charge in [0.25, 0.3) is 5.56 Å². The minimum atomic E-state index is -0.391. The number of hydrogen-bond donors (Lipinski definition) is 1. The van der Waals surface area contributed by atoms with E-state index in [4.69, 9.17) is 0 Å². The molecular formula is C19H15NO3. The van der Waals surface area contributed by atoms with Gasteiger partial charge < -0.3 is 5.11 Å². The molecule has 4 heteroatoms. The summed E-state index contributed by atoms with van der Waals surface area (Å²) in [6, 6.07) is 19.2. The molecule has 0 saturated carbocycles. The Kier molecular flexibility index (Phi) is 3.81. The number of aromatic nitrogens is 1. The zero-order chi connectivity index (χ0) is 16.4. The standard InChI is InChI=1S/C19H15NO3/c1-13(21)18-16(22)12-17(23)20(15-10-6-3-7-11-15)19(18)14-8-4-2-5-9-14/h2-12,22H,1H3. The Hall–Kier alpha value is -3.14. The van der Waals surface area contributed by atoms with Crippen molar-refractivity contribution in [1.29, 1.82) is 0 Å². The molecule has 0 spiro atoms. The maximum Gasteiger partial charge on any atom is 0.259 e. The summed E-state index contributed by atoms with van der Waals surface area (Å²) >= 11 is 0. The average molecular weight is 305 g/mol. The lowest BCUT2D eigenvalue weighted by Crippen LogP contribution is -2.22. The molecule has 0 unspecified atom stereocenters. The summed E-state index contributed by atoms with van der Waals surface area (Å²) in [5.41, 5.74) is 1.47. The SMILES string of the molecule is CC(=O)c1c(O)cc(=O)n(-c2ccccc2)c1-c1ccccc1. The number of Topliss-reactive ketones (excluding diaryl/α,β-unsaturated/α-hetero) is 1. The van der Waals surface area contributed by atoms with Crippen molar-refractivity contribution in [3.05, 3.63) is 82.6 Å². The first-order valence-electron chi connectivity index (χ1n) is 7.20. The summed E-state index contributed by atoms with van der Waals surface area (Å²) in [6.07, 6.45) is 0. The normalized spacial score (nSPS) is 10.5. The van der Waals surface area contributed by atoms with Gasteiger partial charge in [-0.15, -0.1) is 0 Å². The molecule has 0 aliphatic heterocycles. The van der Waals surface area contributed by atoms with Crippen LogP contribution in [0.25, 0.3) is 16.9 Å². The predicted molar refractivity (Wildman–Crippen MR) is 89.1 cm³/mol. The fraction of sp³-hybridized carbons (Fsp3) is 0.0526. The number of aromatic hydroxyl groups is 1. The molecule has 0 amide bonds. The van der Waals surface area contributed by atoms with Crippen LogP contribution in [0.15, 0.2) is 71.5 Å². The molecule has 0 aliphatic rings. The largest absolute Gasteiger partial charge is 0.507 e. The van der Waals surface area contributed by atoms with Crippen LogP contribution in [0.2, 0.25) is 0 Å². The predicted octanol–water partition coefficient (Wildman–Crippen LogP) is 3.41. The summed E-state index contributed by atoms with van der Waals surface area (Å²) in [6.45, 7) is 1.38. The molecule has 1 N–H and O–H groups in total. The Morgan fingerprint density at radius 3 is 2.09 bits per heavy atom. The van der Waals surface area contributed by atoms with E-state index in [1.807, 2.05) is 36.4 Å². The molecule has 3 rings (SSSR count). The van der Waals surface area contributed by atoms with Crippen molar-refractivity contribution in [3.8, 4) is 22.7 Å². The molecule has 0 radical (unpaired) electrons. The number of carbonyl (C=O) groups is 1. The van der Waals surface area contributed by atoms with Crippen molar-refractivity contribution in [2.24, 2.45) is 0 Å². The first-order valence-corrected chi connectivity index (χ1v) is 7.20. The lowest BCUT2D eigenvalue weighted by molar-refractivity contribution is 0.101. The molecule has 0 atom stereocenters. The van der Waals surface area contributed by atoms with Crippen LogP contribution in [0.1, 0.15) is 17.3 Å². The molecular weight excluding hydrogens is 290 g/mol. The van der Waals surface area contributed by atoms with E-state index in [-0.39, 0.29) is 17.1 Å². The zero-order valence-electron chi connectivity index (χ0n) is 12.6. The van der Waals surface area contributed by atoms with Crippen LogP contribution in [-0.4, -0.2) is 15.5 Å². The van der Waals surface area contributed by atoms with E-state index < -0.39 is 5.56 Å². The second kappa shape index (κ2) is 5.93. The third-order valence-electron chi connectivity index (χ3n) is 3.61. The second-order valence-corrected chi connectivity index (χ2v) is 5.18. The highest BCUT2D eigenvalue weighted by molar-refractivity contribution is 6.02. The number of ketones is 1. The molecule has 4 nitrogen and oxygen atoms in total. The van der Waals surface area contributed by atoms with Crippen LogP contribution < -0.4 is 5.56 Å². The Morgan fingerprint density at radius 1 is 0.957 bits per heavy atom. The molecule has 0 saturated heterocycles. The highest BCUT2D eigenvalue weighted by atomic mass is 16.3. The van der Waals surface area contributed by atoms with Crippen molar-refractivity contribution in [1.82, 2.24) is 4.57 Å². The first-order chi connectivity index (χ1) is 11.1. The van der Waals surface area contributed by atoms with Gasteiger partial charge in [-0.05, 0) is 24.6 Å². The number of nitrogens with zero attached hydrogens (tertiary/aromatic N) is 1. The van der Waals surface area contributed by atoms with Crippen LogP contribution >= 0.6 is 0 Å². The van der Waals surface area contributed by atoms with Crippen LogP contribution in [-0.2, 0) is 0 Å². The van der Waals surface area contributed by atoms with Crippen molar-refractivity contribution in [2.45, 2.75) is 6.92 Å². The van der Waals surface area contributed by atoms with Gasteiger partial charge in [0.05, 0.1) is 11.3 Å². The summed E-state index contributed by atoms with van der Waals surface area (Å²) in [5, 5.41) is 10.1. The quantitative estimate of drug-likeness (QED) is 0.754. The van der Waals surface area contributed by atoms with Crippen molar-refractivity contribution in [2.75, 3.05) is 0 Å². The third kappa shape index (κ3) is 2.66. The molecule has 1 aromatic heterocycles. The lowest BCUT2D eigenvalue weighted by Gasteiger charge is -2.17. The summed E-state index contributed by atoms with van der Waals surface area (Å²) in [4.78, 5) is 24.6. The van der Waals surface area contributed by atoms with Gasteiger partial charge in [-0.25, -0.2) is 0 Å². The fourth-order valence-corrected chi connectivity index (χ4v) is 2.65. The van der Waals surface area contributed by atoms with Gasteiger partial charge in [-0.3, -0.25) is 14.2 Å². The Labute approximate surface area is 133 Å². The fourth-order valence-electron chi connectivity index (χ4n) is 2.65. The number of benzene rings is 2. The summed E-state index contributed by atoms with van der Waals surface area (Å²) in [7, 11) is 0. The van der Waals surface area contributed by atoms with Crippen molar-refractivity contribution < 1.29 is 9.90 Å². The number of carbonyl (C=O) groups excluding carboxylic acids is 1. The number of rotatable bonds is 3. The van der Waals surface area contributed by atoms with Gasteiger partial charge in [0.15, 0.2) is 5.78 Å². The molecule has 23 heavy (non-hydrogen) atoms. The van der Waals surface area contributed by atoms with E-state index in [1.54, 1.807) is 24.3 Å². The Morgan fingerprint density at radius 2 is 1.52 bits per heavy atom. The van der Waals surface area contributed by atoms with Crippen LogP contribution in [0, 0.1) is 0 Å². The zero-order valence-corrected chi connectivity index (χ0v) is 12.6. The number of hydrogen-bond acceptors (Lipinski definition) is 3. The summed E-state index contributed by atoms with van der Waals surface area (Å²) in [5.74, 6) is -0.598. The van der Waals surface area contributed by atoms with Crippen LogP contribution in [0.3, 0.4) is 0 Å². The first kappa shape index (κ1) is 14.8. The lowest BCUT2D eigenvalue weighted by atomic mass is 10.0. The Balaban J connectivity index is 2.47. The highest BCUT2D eigenvalue weighted by Gasteiger charge is 2.20. The molecule has 114 valence electrons. The van der Waals surface area contributed by atoms with E-state index in [0.717, 1.165) is 6.07 Å². The van der Waals surface area contributed by atoms with Crippen molar-refractivity contribution >= 4 is 5.78 Å². The minimum absolute atomic E-state index is 0.139. The average Bonchev–Trinajstić information content (AvgIpc) is 2.55. The van der Waals surface area contributed by atoms with Gasteiger partial charge in [0.2, 0.25) is 0 Å². The second-order valence-electron chi connectivity index (χ2n) is 5.18. The molecule has 1 heterocycles. The summed E-state index contributed by atoms with van der Waals surface area (Å²) < 4.78 is 1.45. The Bertz CT molecular complexity index is 913. The topological polar surface area (TPSA) is 59.3 Å². The monoisotopic (exact) mass is 305 g/mol. The highest BCUT2D eigenvalue weighted by Crippen LogP contribution is 2.30. The van der Waals surface area contributed by atoms with E-state index in [0.29, 0.717) is 16.9 Å². The van der Waals surface area contributed by atoms with Crippen LogP contribution in [0.4, 0.5) is 0 Å². The third-order valence-corrected chi connectivity index (χ3v) is 3.61. The van der Waals surface area contributed by atoms with E-state index in [9.17, 15) is 14.7 Å². The molecule has 0 aliphatic carbocycles. The van der Waals surface area contributed by atoms with Crippen molar-refractivity contribution in [3.63, 3.8) is 0 Å². The number of para-hydroxylation sites is 1. The van der Waals surface area contributed by atoms with Gasteiger partial charge in [-0.1, -0.05) is 48.5 Å². The smallest absolute Gasteiger partial charge is 0.259 e. The van der Waals surface area contributed by atoms with E-state index in [1.165, 1.54) is 11.5 Å². The maximum atomic E-state index is 12.5. The van der Waals surface area contributed by atoms with Gasteiger partial charge in [0, 0.05) is 11.8 Å². The van der Waals surface area contributed by atoms with E-state index >= 15 is 0 Å². The molecule has 0 bridgehead atoms. The van der Waals surface area contributed by atoms with Crippen LogP contribution in [0.5, 0.6) is 5.75 Å².